The fourth-order valence-electron chi connectivity index (χ4n) is 4.02. The first kappa shape index (κ1) is 23.5. The number of halogens is 3. The molecule has 0 bridgehead atoms. The predicted octanol–water partition coefficient (Wildman–Crippen LogP) is 4.09. The number of amides is 1. The van der Waals surface area contributed by atoms with Crippen LogP contribution in [0, 0.1) is 0 Å². The highest BCUT2D eigenvalue weighted by Gasteiger charge is 2.31. The average molecular weight is 474 g/mol. The van der Waals surface area contributed by atoms with Crippen molar-refractivity contribution in [2.75, 3.05) is 45.3 Å². The van der Waals surface area contributed by atoms with Gasteiger partial charge in [0.15, 0.2) is 0 Å². The van der Waals surface area contributed by atoms with Crippen molar-refractivity contribution in [2.24, 2.45) is 7.05 Å². The number of rotatable bonds is 5. The summed E-state index contributed by atoms with van der Waals surface area (Å²) in [5.74, 6) is 1.04. The van der Waals surface area contributed by atoms with Crippen LogP contribution in [0.4, 0.5) is 18.9 Å². The van der Waals surface area contributed by atoms with Crippen molar-refractivity contribution in [1.82, 2.24) is 14.7 Å². The van der Waals surface area contributed by atoms with E-state index in [1.807, 2.05) is 11.0 Å². The standard InChI is InChI=1S/C24H25F3N4O3/c1-29-21(15-20(28-29)19-8-7-18(33-2)14-22(19)34-3)23(32)31-11-9-30(10-12-31)17-6-4-5-16(13-17)24(25,26)27/h4-8,13-15H,9-12H2,1-3H3. The van der Waals surface area contributed by atoms with E-state index in [9.17, 15) is 18.0 Å². The molecule has 0 aliphatic carbocycles. The fraction of sp³-hybridized carbons (Fsp3) is 0.333. The van der Waals surface area contributed by atoms with Crippen molar-refractivity contribution in [1.29, 1.82) is 0 Å². The molecule has 1 fully saturated rings. The normalized spacial score (nSPS) is 14.3. The average Bonchev–Trinajstić information content (AvgIpc) is 3.24. The second-order valence-corrected chi connectivity index (χ2v) is 7.93. The van der Waals surface area contributed by atoms with E-state index in [1.54, 1.807) is 50.4 Å². The van der Waals surface area contributed by atoms with Gasteiger partial charge in [0.2, 0.25) is 0 Å². The maximum atomic E-state index is 13.2. The van der Waals surface area contributed by atoms with E-state index in [0.29, 0.717) is 54.8 Å². The van der Waals surface area contributed by atoms with Crippen LogP contribution in [0.3, 0.4) is 0 Å². The molecule has 0 N–H and O–H groups in total. The summed E-state index contributed by atoms with van der Waals surface area (Å²) >= 11 is 0. The van der Waals surface area contributed by atoms with E-state index in [-0.39, 0.29) is 5.91 Å². The van der Waals surface area contributed by atoms with E-state index >= 15 is 0 Å². The summed E-state index contributed by atoms with van der Waals surface area (Å²) in [6.45, 7) is 1.65. The van der Waals surface area contributed by atoms with Crippen LogP contribution in [0.25, 0.3) is 11.3 Å². The summed E-state index contributed by atoms with van der Waals surface area (Å²) in [5.41, 5.74) is 1.55. The van der Waals surface area contributed by atoms with Crippen LogP contribution < -0.4 is 14.4 Å². The molecular weight excluding hydrogens is 449 g/mol. The van der Waals surface area contributed by atoms with Gasteiger partial charge >= 0.3 is 6.18 Å². The molecule has 0 radical (unpaired) electrons. The number of benzene rings is 2. The van der Waals surface area contributed by atoms with Gasteiger partial charge in [-0.1, -0.05) is 6.07 Å². The molecule has 4 rings (SSSR count). The number of carbonyl (C=O) groups is 1. The van der Waals surface area contributed by atoms with Gasteiger partial charge in [-0.25, -0.2) is 0 Å². The van der Waals surface area contributed by atoms with E-state index in [1.165, 1.54) is 10.7 Å². The van der Waals surface area contributed by atoms with E-state index in [2.05, 4.69) is 5.10 Å². The summed E-state index contributed by atoms with van der Waals surface area (Å²) in [7, 11) is 4.82. The topological polar surface area (TPSA) is 59.8 Å². The number of nitrogens with zero attached hydrogens (tertiary/aromatic N) is 4. The van der Waals surface area contributed by atoms with Crippen molar-refractivity contribution < 1.29 is 27.4 Å². The van der Waals surface area contributed by atoms with Crippen molar-refractivity contribution in [3.8, 4) is 22.8 Å². The van der Waals surface area contributed by atoms with Crippen LogP contribution >= 0.6 is 0 Å². The molecule has 34 heavy (non-hydrogen) atoms. The molecule has 0 saturated carbocycles. The zero-order valence-electron chi connectivity index (χ0n) is 19.1. The van der Waals surface area contributed by atoms with Crippen molar-refractivity contribution in [2.45, 2.75) is 6.18 Å². The Balaban J connectivity index is 1.48. The minimum absolute atomic E-state index is 0.183. The van der Waals surface area contributed by atoms with Crippen LogP contribution in [0.2, 0.25) is 0 Å². The van der Waals surface area contributed by atoms with Crippen LogP contribution in [0.1, 0.15) is 16.1 Å². The summed E-state index contributed by atoms with van der Waals surface area (Å²) in [6, 6.07) is 12.3. The molecule has 7 nitrogen and oxygen atoms in total. The number of aryl methyl sites for hydroxylation is 1. The highest BCUT2D eigenvalue weighted by atomic mass is 19.4. The third-order valence-corrected chi connectivity index (χ3v) is 5.89. The molecule has 0 atom stereocenters. The number of ether oxygens (including phenoxy) is 2. The smallest absolute Gasteiger partial charge is 0.416 e. The minimum atomic E-state index is -4.39. The molecule has 0 unspecified atom stereocenters. The Morgan fingerprint density at radius 2 is 1.71 bits per heavy atom. The van der Waals surface area contributed by atoms with E-state index in [4.69, 9.17) is 9.47 Å². The quantitative estimate of drug-likeness (QED) is 0.558. The lowest BCUT2D eigenvalue weighted by Gasteiger charge is -2.36. The lowest BCUT2D eigenvalue weighted by Crippen LogP contribution is -2.49. The number of carbonyl (C=O) groups excluding carboxylic acids is 1. The van der Waals surface area contributed by atoms with Gasteiger partial charge in [0.25, 0.3) is 5.91 Å². The number of aromatic nitrogens is 2. The number of hydrogen-bond donors (Lipinski definition) is 0. The van der Waals surface area contributed by atoms with Crippen molar-refractivity contribution >= 4 is 11.6 Å². The highest BCUT2D eigenvalue weighted by molar-refractivity contribution is 5.94. The SMILES string of the molecule is COc1ccc(-c2cc(C(=O)N3CCN(c4cccc(C(F)(F)F)c4)CC3)n(C)n2)c(OC)c1. The maximum Gasteiger partial charge on any atom is 0.416 e. The maximum absolute atomic E-state index is 13.2. The molecular formula is C24H25F3N4O3. The Morgan fingerprint density at radius 3 is 2.35 bits per heavy atom. The van der Waals surface area contributed by atoms with Gasteiger partial charge in [0.1, 0.15) is 17.2 Å². The van der Waals surface area contributed by atoms with Crippen LogP contribution in [0.15, 0.2) is 48.5 Å². The van der Waals surface area contributed by atoms with Crippen LogP contribution in [-0.4, -0.2) is 61.0 Å². The molecule has 1 aliphatic heterocycles. The molecule has 0 spiro atoms. The Hall–Kier alpha value is -3.69. The molecule has 2 aromatic carbocycles. The molecule has 3 aromatic rings. The highest BCUT2D eigenvalue weighted by Crippen LogP contribution is 2.34. The Bertz CT molecular complexity index is 1180. The summed E-state index contributed by atoms with van der Waals surface area (Å²) in [5, 5.41) is 4.49. The molecule has 1 saturated heterocycles. The van der Waals surface area contributed by atoms with Gasteiger partial charge in [-0.2, -0.15) is 18.3 Å². The van der Waals surface area contributed by atoms with Gasteiger partial charge < -0.3 is 19.3 Å². The molecule has 1 amide bonds. The first-order valence-electron chi connectivity index (χ1n) is 10.7. The summed E-state index contributed by atoms with van der Waals surface area (Å²) < 4.78 is 51.3. The van der Waals surface area contributed by atoms with Gasteiger partial charge in [0.05, 0.1) is 25.5 Å². The van der Waals surface area contributed by atoms with E-state index in [0.717, 1.165) is 17.7 Å². The largest absolute Gasteiger partial charge is 0.497 e. The number of hydrogen-bond acceptors (Lipinski definition) is 5. The lowest BCUT2D eigenvalue weighted by molar-refractivity contribution is -0.137. The van der Waals surface area contributed by atoms with Gasteiger partial charge in [-0.3, -0.25) is 9.48 Å². The Morgan fingerprint density at radius 1 is 0.971 bits per heavy atom. The Kier molecular flexibility index (Phi) is 6.41. The molecule has 180 valence electrons. The zero-order chi connectivity index (χ0) is 24.5. The number of anilines is 1. The van der Waals surface area contributed by atoms with Crippen LogP contribution in [-0.2, 0) is 13.2 Å². The minimum Gasteiger partial charge on any atom is -0.497 e. The Labute approximate surface area is 195 Å². The van der Waals surface area contributed by atoms with Gasteiger partial charge in [0, 0.05) is 50.5 Å². The summed E-state index contributed by atoms with van der Waals surface area (Å²) in [6.07, 6.45) is -4.39. The lowest BCUT2D eigenvalue weighted by atomic mass is 10.1. The summed E-state index contributed by atoms with van der Waals surface area (Å²) in [4.78, 5) is 16.7. The van der Waals surface area contributed by atoms with Crippen molar-refractivity contribution in [3.05, 3.63) is 59.8 Å². The van der Waals surface area contributed by atoms with Gasteiger partial charge in [-0.05, 0) is 36.4 Å². The monoisotopic (exact) mass is 474 g/mol. The van der Waals surface area contributed by atoms with E-state index < -0.39 is 11.7 Å². The fourth-order valence-corrected chi connectivity index (χ4v) is 4.02. The first-order chi connectivity index (χ1) is 16.2. The molecule has 10 heteroatoms. The second kappa shape index (κ2) is 9.28. The molecule has 1 aromatic heterocycles. The third-order valence-electron chi connectivity index (χ3n) is 5.89. The predicted molar refractivity (Wildman–Crippen MR) is 121 cm³/mol. The number of alkyl halides is 3. The number of piperazine rings is 1. The van der Waals surface area contributed by atoms with Crippen LogP contribution in [0.5, 0.6) is 11.5 Å². The number of methoxy groups -OCH3 is 2. The second-order valence-electron chi connectivity index (χ2n) is 7.93. The van der Waals surface area contributed by atoms with Crippen molar-refractivity contribution in [3.63, 3.8) is 0 Å². The first-order valence-corrected chi connectivity index (χ1v) is 10.7. The zero-order valence-corrected chi connectivity index (χ0v) is 19.1. The third kappa shape index (κ3) is 4.66. The molecule has 1 aliphatic rings. The van der Waals surface area contributed by atoms with Gasteiger partial charge in [-0.15, -0.1) is 0 Å². The molecule has 2 heterocycles.